The van der Waals surface area contributed by atoms with E-state index in [1.165, 1.54) is 0 Å². The van der Waals surface area contributed by atoms with Crippen LogP contribution >= 0.6 is 0 Å². The lowest BCUT2D eigenvalue weighted by Crippen LogP contribution is -2.41. The predicted octanol–water partition coefficient (Wildman–Crippen LogP) is 0.934. The quantitative estimate of drug-likeness (QED) is 0.659. The molecule has 0 aliphatic carbocycles. The normalized spacial score (nSPS) is 17.4. The van der Waals surface area contributed by atoms with Crippen LogP contribution in [0.1, 0.15) is 20.8 Å². The van der Waals surface area contributed by atoms with Crippen LogP contribution in [0.25, 0.3) is 0 Å². The zero-order chi connectivity index (χ0) is 9.78. The lowest BCUT2D eigenvalue weighted by Gasteiger charge is -2.21. The van der Waals surface area contributed by atoms with Gasteiger partial charge in [0.1, 0.15) is 6.17 Å². The monoisotopic (exact) mass is 197 g/mol. The summed E-state index contributed by atoms with van der Waals surface area (Å²) in [6.45, 7) is 5.86. The van der Waals surface area contributed by atoms with Crippen LogP contribution in [0, 0.1) is 0 Å². The number of halogens is 1. The summed E-state index contributed by atoms with van der Waals surface area (Å²) in [5.41, 5.74) is -0.152. The highest BCUT2D eigenvalue weighted by Gasteiger charge is 2.14. The zero-order valence-electron chi connectivity index (χ0n) is 7.63. The molecule has 74 valence electrons. The second-order valence-electron chi connectivity index (χ2n) is 3.72. The van der Waals surface area contributed by atoms with Crippen molar-refractivity contribution in [2.45, 2.75) is 32.5 Å². The molecule has 1 unspecified atom stereocenters. The third-order valence-electron chi connectivity index (χ3n) is 1.18. The lowest BCUT2D eigenvalue weighted by molar-refractivity contribution is 0.305. The van der Waals surface area contributed by atoms with E-state index in [9.17, 15) is 8.60 Å². The standard InChI is InChI=1S/C7H16FNO2S/c1-7(2,3)9-4-6(8)5-12(10)11/h6,9H,4-5H2,1-3H3,(H,10,11)/t6-/m0/s1. The maximum Gasteiger partial charge on any atom is 0.155 e. The summed E-state index contributed by atoms with van der Waals surface area (Å²) in [6, 6.07) is 0. The van der Waals surface area contributed by atoms with Crippen molar-refractivity contribution in [3.05, 3.63) is 0 Å². The van der Waals surface area contributed by atoms with E-state index < -0.39 is 17.3 Å². The van der Waals surface area contributed by atoms with Gasteiger partial charge in [-0.05, 0) is 20.8 Å². The summed E-state index contributed by atoms with van der Waals surface area (Å²) in [6.07, 6.45) is -1.25. The summed E-state index contributed by atoms with van der Waals surface area (Å²) in [5.74, 6) is -0.316. The Morgan fingerprint density at radius 1 is 1.58 bits per heavy atom. The SMILES string of the molecule is CC(C)(C)NC[C@H](F)CS(=O)O. The molecule has 5 heteroatoms. The van der Waals surface area contributed by atoms with Gasteiger partial charge in [0.2, 0.25) is 0 Å². The second-order valence-corrected chi connectivity index (χ2v) is 4.69. The van der Waals surface area contributed by atoms with Crippen molar-refractivity contribution >= 4 is 11.1 Å². The van der Waals surface area contributed by atoms with Crippen molar-refractivity contribution in [3.63, 3.8) is 0 Å². The maximum absolute atomic E-state index is 12.8. The average molecular weight is 197 g/mol. The van der Waals surface area contributed by atoms with Gasteiger partial charge in [-0.25, -0.2) is 8.60 Å². The van der Waals surface area contributed by atoms with Gasteiger partial charge in [-0.1, -0.05) is 0 Å². The van der Waals surface area contributed by atoms with Crippen LogP contribution in [-0.4, -0.2) is 32.8 Å². The van der Waals surface area contributed by atoms with Gasteiger partial charge in [-0.2, -0.15) is 0 Å². The van der Waals surface area contributed by atoms with Gasteiger partial charge in [0.05, 0.1) is 5.75 Å². The van der Waals surface area contributed by atoms with Gasteiger partial charge in [0.15, 0.2) is 11.1 Å². The third-order valence-corrected chi connectivity index (χ3v) is 1.82. The van der Waals surface area contributed by atoms with E-state index in [4.69, 9.17) is 4.55 Å². The van der Waals surface area contributed by atoms with Crippen molar-refractivity contribution in [1.82, 2.24) is 5.32 Å². The molecule has 0 saturated carbocycles. The first-order chi connectivity index (χ1) is 5.31. The van der Waals surface area contributed by atoms with Crippen molar-refractivity contribution in [2.24, 2.45) is 0 Å². The molecule has 12 heavy (non-hydrogen) atoms. The molecule has 0 aromatic rings. The summed E-state index contributed by atoms with van der Waals surface area (Å²) < 4.78 is 31.3. The molecule has 2 atom stereocenters. The number of rotatable bonds is 4. The Balaban J connectivity index is 3.57. The third kappa shape index (κ3) is 8.10. The number of hydrogen-bond donors (Lipinski definition) is 2. The zero-order valence-corrected chi connectivity index (χ0v) is 8.45. The minimum absolute atomic E-state index is 0.121. The molecule has 0 aromatic carbocycles. The van der Waals surface area contributed by atoms with Crippen LogP contribution in [0.4, 0.5) is 4.39 Å². The number of alkyl halides is 1. The van der Waals surface area contributed by atoms with Crippen LogP contribution in [0.15, 0.2) is 0 Å². The first kappa shape index (κ1) is 12.0. The molecule has 0 bridgehead atoms. The maximum atomic E-state index is 12.8. The molecular formula is C7H16FNO2S. The van der Waals surface area contributed by atoms with Crippen molar-refractivity contribution in [3.8, 4) is 0 Å². The molecule has 0 aromatic heterocycles. The molecule has 0 rings (SSSR count). The van der Waals surface area contributed by atoms with Gasteiger partial charge in [-0.3, -0.25) is 0 Å². The molecule has 0 fully saturated rings. The Labute approximate surface area is 75.0 Å². The highest BCUT2D eigenvalue weighted by Crippen LogP contribution is 2.00. The Morgan fingerprint density at radius 2 is 2.08 bits per heavy atom. The number of hydrogen-bond acceptors (Lipinski definition) is 2. The summed E-state index contributed by atoms with van der Waals surface area (Å²) in [4.78, 5) is 0. The fraction of sp³-hybridized carbons (Fsp3) is 1.00. The molecule has 3 nitrogen and oxygen atoms in total. The van der Waals surface area contributed by atoms with Gasteiger partial charge in [0.25, 0.3) is 0 Å². The molecule has 0 amide bonds. The molecule has 0 aliphatic rings. The van der Waals surface area contributed by atoms with Gasteiger partial charge in [-0.15, -0.1) is 0 Å². The highest BCUT2D eigenvalue weighted by molar-refractivity contribution is 7.79. The van der Waals surface area contributed by atoms with Crippen LogP contribution in [0.5, 0.6) is 0 Å². The van der Waals surface area contributed by atoms with E-state index in [2.05, 4.69) is 5.32 Å². The van der Waals surface area contributed by atoms with E-state index in [0.717, 1.165) is 0 Å². The first-order valence-corrected chi connectivity index (χ1v) is 5.05. The average Bonchev–Trinajstić information content (AvgIpc) is 1.80. The molecule has 2 N–H and O–H groups in total. The molecule has 0 heterocycles. The van der Waals surface area contributed by atoms with E-state index in [-0.39, 0.29) is 17.8 Å². The molecule has 0 spiro atoms. The van der Waals surface area contributed by atoms with Gasteiger partial charge < -0.3 is 9.87 Å². The topological polar surface area (TPSA) is 49.3 Å². The Kier molecular flexibility index (Phi) is 4.89. The van der Waals surface area contributed by atoms with E-state index in [1.807, 2.05) is 20.8 Å². The van der Waals surface area contributed by atoms with Crippen LogP contribution in [0.2, 0.25) is 0 Å². The van der Waals surface area contributed by atoms with Crippen LogP contribution in [0.3, 0.4) is 0 Å². The van der Waals surface area contributed by atoms with E-state index >= 15 is 0 Å². The van der Waals surface area contributed by atoms with Gasteiger partial charge in [0, 0.05) is 12.1 Å². The van der Waals surface area contributed by atoms with E-state index in [0.29, 0.717) is 0 Å². The predicted molar refractivity (Wildman–Crippen MR) is 48.3 cm³/mol. The second kappa shape index (κ2) is 4.89. The molecule has 0 aliphatic heterocycles. The van der Waals surface area contributed by atoms with Crippen molar-refractivity contribution in [1.29, 1.82) is 0 Å². The smallest absolute Gasteiger partial charge is 0.155 e. The largest absolute Gasteiger partial charge is 0.309 e. The Hall–Kier alpha value is -0.0000000000000000486. The fourth-order valence-corrected chi connectivity index (χ4v) is 1.06. The Morgan fingerprint density at radius 3 is 2.42 bits per heavy atom. The van der Waals surface area contributed by atoms with E-state index in [1.54, 1.807) is 0 Å². The van der Waals surface area contributed by atoms with Crippen LogP contribution < -0.4 is 5.32 Å². The van der Waals surface area contributed by atoms with Crippen LogP contribution in [-0.2, 0) is 11.1 Å². The number of nitrogens with one attached hydrogen (secondary N) is 1. The minimum Gasteiger partial charge on any atom is -0.309 e. The van der Waals surface area contributed by atoms with Gasteiger partial charge >= 0.3 is 0 Å². The summed E-state index contributed by atoms with van der Waals surface area (Å²) >= 11 is -2.04. The molecule has 0 saturated heterocycles. The van der Waals surface area contributed by atoms with Crippen molar-refractivity contribution in [2.75, 3.05) is 12.3 Å². The minimum atomic E-state index is -2.04. The molecular weight excluding hydrogens is 181 g/mol. The first-order valence-electron chi connectivity index (χ1n) is 3.78. The molecule has 0 radical (unpaired) electrons. The summed E-state index contributed by atoms with van der Waals surface area (Å²) in [5, 5.41) is 2.91. The Bertz CT molecular complexity index is 158. The lowest BCUT2D eigenvalue weighted by atomic mass is 10.1. The summed E-state index contributed by atoms with van der Waals surface area (Å²) in [7, 11) is 0. The fourth-order valence-electron chi connectivity index (χ4n) is 0.631. The highest BCUT2D eigenvalue weighted by atomic mass is 32.2. The van der Waals surface area contributed by atoms with Crippen molar-refractivity contribution < 1.29 is 13.2 Å².